The van der Waals surface area contributed by atoms with Gasteiger partial charge in [0, 0.05) is 0 Å². The van der Waals surface area contributed by atoms with E-state index in [2.05, 4.69) is 18.2 Å². The molecule has 1 aliphatic rings. The number of nitrogens with zero attached hydrogens (tertiary/aromatic N) is 1. The molecule has 1 unspecified atom stereocenters. The molecule has 1 aromatic rings. The largest absolute Gasteiger partial charge is 0.497 e. The highest BCUT2D eigenvalue weighted by Crippen LogP contribution is 2.28. The van der Waals surface area contributed by atoms with Gasteiger partial charge in [-0.25, -0.2) is 0 Å². The number of rotatable bonds is 1. The summed E-state index contributed by atoms with van der Waals surface area (Å²) in [5, 5.41) is 8.86. The molecule has 0 heterocycles. The second kappa shape index (κ2) is 3.71. The van der Waals surface area contributed by atoms with E-state index in [4.69, 9.17) is 10.00 Å². The Kier molecular flexibility index (Phi) is 2.41. The molecule has 1 atom stereocenters. The molecule has 2 heteroatoms. The first-order valence-corrected chi connectivity index (χ1v) is 4.89. The fourth-order valence-electron chi connectivity index (χ4n) is 1.97. The van der Waals surface area contributed by atoms with Gasteiger partial charge in [0.05, 0.1) is 19.1 Å². The molecule has 0 aromatic heterocycles. The van der Waals surface area contributed by atoms with E-state index in [1.807, 2.05) is 6.07 Å². The number of fused-ring (bicyclic) bond motifs is 1. The predicted molar refractivity (Wildman–Crippen MR) is 54.1 cm³/mol. The molecule has 0 radical (unpaired) electrons. The zero-order valence-electron chi connectivity index (χ0n) is 8.29. The maximum Gasteiger partial charge on any atom is 0.119 e. The van der Waals surface area contributed by atoms with Crippen molar-refractivity contribution in [2.75, 3.05) is 7.11 Å². The van der Waals surface area contributed by atoms with Crippen molar-refractivity contribution in [2.45, 2.75) is 19.3 Å². The monoisotopic (exact) mass is 187 g/mol. The number of ether oxygens (including phenoxy) is 1. The molecule has 1 aliphatic carbocycles. The van der Waals surface area contributed by atoms with Gasteiger partial charge in [-0.15, -0.1) is 0 Å². The Labute approximate surface area is 84.1 Å². The lowest BCUT2D eigenvalue weighted by molar-refractivity contribution is 0.413. The zero-order valence-corrected chi connectivity index (χ0v) is 8.29. The highest BCUT2D eigenvalue weighted by Gasteiger charge is 2.18. The van der Waals surface area contributed by atoms with Crippen LogP contribution in [0, 0.1) is 17.2 Å². The Bertz CT molecular complexity index is 378. The molecular weight excluding hydrogens is 174 g/mol. The van der Waals surface area contributed by atoms with E-state index in [0.717, 1.165) is 25.0 Å². The number of methoxy groups -OCH3 is 1. The quantitative estimate of drug-likeness (QED) is 0.676. The maximum atomic E-state index is 8.86. The third kappa shape index (κ3) is 1.58. The standard InChI is InChI=1S/C12H13NO/c1-14-12-5-4-10-3-2-9(8-13)6-11(10)7-12/h4-5,7,9H,2-3,6H2,1H3. The number of benzene rings is 1. The van der Waals surface area contributed by atoms with Crippen LogP contribution < -0.4 is 4.74 Å². The van der Waals surface area contributed by atoms with Gasteiger partial charge in [0.25, 0.3) is 0 Å². The molecule has 0 saturated heterocycles. The van der Waals surface area contributed by atoms with Crippen LogP contribution >= 0.6 is 0 Å². The maximum absolute atomic E-state index is 8.86. The number of hydrogen-bond acceptors (Lipinski definition) is 2. The molecule has 0 bridgehead atoms. The van der Waals surface area contributed by atoms with Gasteiger partial charge in [-0.05, 0) is 42.5 Å². The third-order valence-electron chi connectivity index (χ3n) is 2.82. The van der Waals surface area contributed by atoms with Crippen molar-refractivity contribution in [2.24, 2.45) is 5.92 Å². The number of hydrogen-bond donors (Lipinski definition) is 0. The van der Waals surface area contributed by atoms with Crippen LogP contribution in [0.5, 0.6) is 5.75 Å². The second-order valence-corrected chi connectivity index (χ2v) is 3.70. The molecule has 72 valence electrons. The Hall–Kier alpha value is -1.49. The van der Waals surface area contributed by atoms with Crippen LogP contribution in [0.4, 0.5) is 0 Å². The number of aryl methyl sites for hydroxylation is 1. The molecular formula is C12H13NO. The Balaban J connectivity index is 2.30. The molecule has 0 spiro atoms. The molecule has 0 N–H and O–H groups in total. The first kappa shape index (κ1) is 9.08. The van der Waals surface area contributed by atoms with Gasteiger partial charge in [0.15, 0.2) is 0 Å². The van der Waals surface area contributed by atoms with Crippen LogP contribution in [0.3, 0.4) is 0 Å². The van der Waals surface area contributed by atoms with Gasteiger partial charge >= 0.3 is 0 Å². The van der Waals surface area contributed by atoms with Gasteiger partial charge in [-0.3, -0.25) is 0 Å². The lowest BCUT2D eigenvalue weighted by Crippen LogP contribution is -2.12. The highest BCUT2D eigenvalue weighted by atomic mass is 16.5. The van der Waals surface area contributed by atoms with E-state index in [9.17, 15) is 0 Å². The van der Waals surface area contributed by atoms with E-state index < -0.39 is 0 Å². The van der Waals surface area contributed by atoms with Crippen molar-refractivity contribution in [1.29, 1.82) is 5.26 Å². The molecule has 0 aliphatic heterocycles. The Morgan fingerprint density at radius 1 is 1.43 bits per heavy atom. The SMILES string of the molecule is COc1ccc2c(c1)CC(C#N)CC2. The van der Waals surface area contributed by atoms with Gasteiger partial charge < -0.3 is 4.74 Å². The van der Waals surface area contributed by atoms with Crippen LogP contribution in [0.1, 0.15) is 17.5 Å². The van der Waals surface area contributed by atoms with Crippen LogP contribution in [-0.4, -0.2) is 7.11 Å². The van der Waals surface area contributed by atoms with Gasteiger partial charge in [0.2, 0.25) is 0 Å². The summed E-state index contributed by atoms with van der Waals surface area (Å²) in [4.78, 5) is 0. The fraction of sp³-hybridized carbons (Fsp3) is 0.417. The molecule has 0 fully saturated rings. The summed E-state index contributed by atoms with van der Waals surface area (Å²) in [5.41, 5.74) is 2.65. The van der Waals surface area contributed by atoms with Gasteiger partial charge in [-0.1, -0.05) is 6.07 Å². The summed E-state index contributed by atoms with van der Waals surface area (Å²) in [6.07, 6.45) is 2.90. The normalized spacial score (nSPS) is 19.6. The van der Waals surface area contributed by atoms with E-state index in [1.54, 1.807) is 7.11 Å². The van der Waals surface area contributed by atoms with Gasteiger partial charge in [0.1, 0.15) is 5.75 Å². The summed E-state index contributed by atoms with van der Waals surface area (Å²) in [6.45, 7) is 0. The van der Waals surface area contributed by atoms with Gasteiger partial charge in [-0.2, -0.15) is 5.26 Å². The van der Waals surface area contributed by atoms with Crippen molar-refractivity contribution < 1.29 is 4.74 Å². The summed E-state index contributed by atoms with van der Waals surface area (Å²) in [5.74, 6) is 1.08. The van der Waals surface area contributed by atoms with Crippen LogP contribution in [0.15, 0.2) is 18.2 Å². The van der Waals surface area contributed by atoms with E-state index >= 15 is 0 Å². The minimum absolute atomic E-state index is 0.189. The van der Waals surface area contributed by atoms with Crippen LogP contribution in [0.2, 0.25) is 0 Å². The van der Waals surface area contributed by atoms with Crippen LogP contribution in [-0.2, 0) is 12.8 Å². The zero-order chi connectivity index (χ0) is 9.97. The molecule has 0 saturated carbocycles. The van der Waals surface area contributed by atoms with Crippen molar-refractivity contribution >= 4 is 0 Å². The first-order valence-electron chi connectivity index (χ1n) is 4.89. The Morgan fingerprint density at radius 2 is 2.29 bits per heavy atom. The summed E-state index contributed by atoms with van der Waals surface area (Å²) >= 11 is 0. The average Bonchev–Trinajstić information content (AvgIpc) is 2.27. The Morgan fingerprint density at radius 3 is 3.00 bits per heavy atom. The third-order valence-corrected chi connectivity index (χ3v) is 2.82. The first-order chi connectivity index (χ1) is 6.83. The van der Waals surface area contributed by atoms with Crippen molar-refractivity contribution in [3.8, 4) is 11.8 Å². The van der Waals surface area contributed by atoms with E-state index in [0.29, 0.717) is 0 Å². The average molecular weight is 187 g/mol. The second-order valence-electron chi connectivity index (χ2n) is 3.70. The molecule has 2 rings (SSSR count). The summed E-state index contributed by atoms with van der Waals surface area (Å²) in [6, 6.07) is 8.50. The minimum atomic E-state index is 0.189. The van der Waals surface area contributed by atoms with E-state index in [-0.39, 0.29) is 5.92 Å². The topological polar surface area (TPSA) is 33.0 Å². The van der Waals surface area contributed by atoms with E-state index in [1.165, 1.54) is 11.1 Å². The molecule has 0 amide bonds. The summed E-state index contributed by atoms with van der Waals surface area (Å²) < 4.78 is 5.17. The van der Waals surface area contributed by atoms with Crippen LogP contribution in [0.25, 0.3) is 0 Å². The lowest BCUT2D eigenvalue weighted by atomic mass is 9.85. The molecule has 14 heavy (non-hydrogen) atoms. The predicted octanol–water partition coefficient (Wildman–Crippen LogP) is 2.32. The van der Waals surface area contributed by atoms with Crippen molar-refractivity contribution in [3.63, 3.8) is 0 Å². The van der Waals surface area contributed by atoms with Crippen molar-refractivity contribution in [1.82, 2.24) is 0 Å². The summed E-state index contributed by atoms with van der Waals surface area (Å²) in [7, 11) is 1.67. The fourth-order valence-corrected chi connectivity index (χ4v) is 1.97. The lowest BCUT2D eigenvalue weighted by Gasteiger charge is -2.19. The minimum Gasteiger partial charge on any atom is -0.497 e. The smallest absolute Gasteiger partial charge is 0.119 e. The molecule has 1 aromatic carbocycles. The molecule has 2 nitrogen and oxygen atoms in total. The van der Waals surface area contributed by atoms with Crippen molar-refractivity contribution in [3.05, 3.63) is 29.3 Å². The highest BCUT2D eigenvalue weighted by molar-refractivity contribution is 5.38. The number of nitriles is 1.